The second kappa shape index (κ2) is 8.83. The molecule has 0 radical (unpaired) electrons. The van der Waals surface area contributed by atoms with Gasteiger partial charge in [0.15, 0.2) is 0 Å². The summed E-state index contributed by atoms with van der Waals surface area (Å²) in [4.78, 5) is 30.2. The number of rotatable bonds is 7. The molecule has 0 bridgehead atoms. The van der Waals surface area contributed by atoms with E-state index < -0.39 is 0 Å². The van der Waals surface area contributed by atoms with E-state index in [0.717, 1.165) is 26.2 Å². The molecular weight excluding hydrogens is 390 g/mol. The zero-order chi connectivity index (χ0) is 22.0. The second-order valence-corrected chi connectivity index (χ2v) is 9.43. The molecule has 7 heteroatoms. The Hall–Kier alpha value is -2.67. The molecule has 166 valence electrons. The molecule has 2 amide bonds. The molecule has 1 N–H and O–H groups in total. The van der Waals surface area contributed by atoms with E-state index in [1.165, 1.54) is 5.56 Å². The molecule has 7 nitrogen and oxygen atoms in total. The number of aromatic nitrogens is 2. The van der Waals surface area contributed by atoms with Gasteiger partial charge < -0.3 is 10.2 Å². The monoisotopic (exact) mass is 423 g/mol. The highest BCUT2D eigenvalue weighted by atomic mass is 16.2. The summed E-state index contributed by atoms with van der Waals surface area (Å²) in [6.07, 6.45) is 1.84. The van der Waals surface area contributed by atoms with Crippen LogP contribution in [0.15, 0.2) is 42.6 Å². The van der Waals surface area contributed by atoms with Crippen molar-refractivity contribution >= 4 is 11.8 Å². The van der Waals surface area contributed by atoms with E-state index in [1.54, 1.807) is 10.7 Å². The van der Waals surface area contributed by atoms with E-state index >= 15 is 0 Å². The lowest BCUT2D eigenvalue weighted by Crippen LogP contribution is -2.64. The van der Waals surface area contributed by atoms with Gasteiger partial charge in [0.1, 0.15) is 5.69 Å². The van der Waals surface area contributed by atoms with Crippen LogP contribution < -0.4 is 5.32 Å². The Labute approximate surface area is 184 Å². The number of hydrogen-bond donors (Lipinski definition) is 1. The molecule has 31 heavy (non-hydrogen) atoms. The van der Waals surface area contributed by atoms with Crippen LogP contribution in [0.5, 0.6) is 0 Å². The summed E-state index contributed by atoms with van der Waals surface area (Å²) in [6, 6.07) is 12.1. The lowest BCUT2D eigenvalue weighted by molar-refractivity contribution is -0.131. The Kier molecular flexibility index (Phi) is 6.14. The third kappa shape index (κ3) is 4.51. The first-order valence-electron chi connectivity index (χ1n) is 11.3. The van der Waals surface area contributed by atoms with Crippen LogP contribution in [0.3, 0.4) is 0 Å². The third-order valence-electron chi connectivity index (χ3n) is 6.45. The van der Waals surface area contributed by atoms with Crippen molar-refractivity contribution in [1.29, 1.82) is 0 Å². The predicted molar refractivity (Wildman–Crippen MR) is 119 cm³/mol. The lowest BCUT2D eigenvalue weighted by atomic mass is 9.71. The summed E-state index contributed by atoms with van der Waals surface area (Å²) in [5, 5.41) is 7.49. The number of benzene rings is 1. The average Bonchev–Trinajstić information content (AvgIpc) is 3.36. The van der Waals surface area contributed by atoms with E-state index in [0.29, 0.717) is 31.2 Å². The number of nitrogens with one attached hydrogen (secondary N) is 1. The van der Waals surface area contributed by atoms with E-state index in [1.807, 2.05) is 36.2 Å². The van der Waals surface area contributed by atoms with Crippen molar-refractivity contribution in [2.75, 3.05) is 32.7 Å². The molecule has 0 saturated carbocycles. The van der Waals surface area contributed by atoms with Gasteiger partial charge in [-0.25, -0.2) is 0 Å². The van der Waals surface area contributed by atoms with Gasteiger partial charge in [-0.1, -0.05) is 44.2 Å². The van der Waals surface area contributed by atoms with Crippen LogP contribution in [-0.2, 0) is 17.9 Å². The van der Waals surface area contributed by atoms with Crippen molar-refractivity contribution < 1.29 is 9.59 Å². The molecule has 0 aliphatic carbocycles. The minimum atomic E-state index is -0.182. The summed E-state index contributed by atoms with van der Waals surface area (Å²) in [5.74, 6) is 0.384. The number of aryl methyl sites for hydroxylation is 1. The molecule has 1 spiro atoms. The van der Waals surface area contributed by atoms with Crippen LogP contribution in [0.1, 0.15) is 36.8 Å². The molecule has 2 aliphatic heterocycles. The first kappa shape index (κ1) is 21.6. The molecule has 1 aromatic heterocycles. The highest BCUT2D eigenvalue weighted by Gasteiger charge is 2.57. The number of nitrogens with zero attached hydrogens (tertiary/aromatic N) is 4. The summed E-state index contributed by atoms with van der Waals surface area (Å²) in [7, 11) is 0. The summed E-state index contributed by atoms with van der Waals surface area (Å²) < 4.78 is 1.77. The smallest absolute Gasteiger partial charge is 0.274 e. The molecule has 1 atom stereocenters. The van der Waals surface area contributed by atoms with Gasteiger partial charge in [0.25, 0.3) is 5.91 Å². The van der Waals surface area contributed by atoms with Crippen LogP contribution in [0.2, 0.25) is 0 Å². The fraction of sp³-hybridized carbons (Fsp3) is 0.542. The second-order valence-electron chi connectivity index (χ2n) is 9.43. The maximum Gasteiger partial charge on any atom is 0.274 e. The Morgan fingerprint density at radius 2 is 1.90 bits per heavy atom. The quantitative estimate of drug-likeness (QED) is 0.742. The van der Waals surface area contributed by atoms with Crippen LogP contribution in [0.25, 0.3) is 0 Å². The Bertz CT molecular complexity index is 917. The average molecular weight is 424 g/mol. The van der Waals surface area contributed by atoms with Gasteiger partial charge in [0.05, 0.1) is 5.92 Å². The van der Waals surface area contributed by atoms with Gasteiger partial charge in [-0.15, -0.1) is 0 Å². The highest BCUT2D eigenvalue weighted by Crippen LogP contribution is 2.45. The fourth-order valence-electron chi connectivity index (χ4n) is 4.81. The topological polar surface area (TPSA) is 70.5 Å². The molecular formula is C24H33N5O2. The normalized spacial score (nSPS) is 20.3. The van der Waals surface area contributed by atoms with E-state index in [-0.39, 0.29) is 23.1 Å². The summed E-state index contributed by atoms with van der Waals surface area (Å²) >= 11 is 0. The van der Waals surface area contributed by atoms with Crippen molar-refractivity contribution in [2.45, 2.75) is 33.9 Å². The van der Waals surface area contributed by atoms with E-state index in [2.05, 4.69) is 41.3 Å². The van der Waals surface area contributed by atoms with Crippen LogP contribution in [-0.4, -0.2) is 64.1 Å². The first-order chi connectivity index (χ1) is 14.9. The van der Waals surface area contributed by atoms with Crippen molar-refractivity contribution in [3.63, 3.8) is 0 Å². The van der Waals surface area contributed by atoms with Crippen molar-refractivity contribution in [3.05, 3.63) is 53.9 Å². The van der Waals surface area contributed by atoms with Gasteiger partial charge in [-0.05, 0) is 24.5 Å². The predicted octanol–water partition coefficient (Wildman–Crippen LogP) is 2.25. The molecule has 2 saturated heterocycles. The van der Waals surface area contributed by atoms with Gasteiger partial charge in [-0.2, -0.15) is 5.10 Å². The maximum atomic E-state index is 13.1. The van der Waals surface area contributed by atoms with Gasteiger partial charge in [0.2, 0.25) is 5.91 Å². The highest BCUT2D eigenvalue weighted by molar-refractivity contribution is 5.93. The van der Waals surface area contributed by atoms with E-state index in [9.17, 15) is 9.59 Å². The molecule has 1 unspecified atom stereocenters. The molecule has 4 rings (SSSR count). The largest absolute Gasteiger partial charge is 0.356 e. The first-order valence-corrected chi connectivity index (χ1v) is 11.3. The number of amides is 2. The number of hydrogen-bond acceptors (Lipinski definition) is 4. The van der Waals surface area contributed by atoms with Crippen molar-refractivity contribution in [1.82, 2.24) is 24.9 Å². The van der Waals surface area contributed by atoms with Gasteiger partial charge in [0, 0.05) is 57.4 Å². The third-order valence-corrected chi connectivity index (χ3v) is 6.45. The molecule has 2 aliphatic rings. The zero-order valence-electron chi connectivity index (χ0n) is 18.8. The molecule has 2 fully saturated rings. The minimum absolute atomic E-state index is 0.0410. The minimum Gasteiger partial charge on any atom is -0.356 e. The van der Waals surface area contributed by atoms with E-state index in [4.69, 9.17) is 0 Å². The summed E-state index contributed by atoms with van der Waals surface area (Å²) in [5.41, 5.74) is 1.55. The molecule has 2 aromatic rings. The van der Waals surface area contributed by atoms with Crippen molar-refractivity contribution in [3.8, 4) is 0 Å². The zero-order valence-corrected chi connectivity index (χ0v) is 18.8. The van der Waals surface area contributed by atoms with Crippen LogP contribution >= 0.6 is 0 Å². The Balaban J connectivity index is 1.46. The Morgan fingerprint density at radius 1 is 1.16 bits per heavy atom. The van der Waals surface area contributed by atoms with Gasteiger partial charge >= 0.3 is 0 Å². The van der Waals surface area contributed by atoms with Crippen molar-refractivity contribution in [2.24, 2.45) is 17.3 Å². The van der Waals surface area contributed by atoms with Crippen LogP contribution in [0.4, 0.5) is 0 Å². The standard InChI is InChI=1S/C24H33N5O2/c1-4-29-11-10-21(26-29)23(31)28-16-24(17-28)15-27(13-19-8-6-5-7-9-19)14-20(24)22(30)25-12-18(2)3/h5-11,18,20H,4,12-17H2,1-3H3,(H,25,30). The SMILES string of the molecule is CCn1ccc(C(=O)N2CC3(CN(Cc4ccccc4)CC3C(=O)NCC(C)C)C2)n1. The molecule has 3 heterocycles. The summed E-state index contributed by atoms with van der Waals surface area (Å²) in [6.45, 7) is 11.2. The maximum absolute atomic E-state index is 13.1. The fourth-order valence-corrected chi connectivity index (χ4v) is 4.81. The van der Waals surface area contributed by atoms with Crippen LogP contribution in [0, 0.1) is 17.3 Å². The number of likely N-dealkylation sites (tertiary alicyclic amines) is 2. The van der Waals surface area contributed by atoms with Gasteiger partial charge in [-0.3, -0.25) is 19.2 Å². The molecule has 1 aromatic carbocycles. The number of carbonyl (C=O) groups is 2. The number of carbonyl (C=O) groups excluding carboxylic acids is 2. The lowest BCUT2D eigenvalue weighted by Gasteiger charge is -2.50. The Morgan fingerprint density at radius 3 is 2.55 bits per heavy atom.